The van der Waals surface area contributed by atoms with E-state index in [4.69, 9.17) is 11.6 Å². The zero-order chi connectivity index (χ0) is 14.9. The number of rotatable bonds is 2. The third-order valence-corrected chi connectivity index (χ3v) is 2.96. The van der Waals surface area contributed by atoms with Crippen molar-refractivity contribution in [2.75, 3.05) is 0 Å². The molecule has 0 unspecified atom stereocenters. The molecule has 2 rings (SSSR count). The molecule has 0 saturated heterocycles. The SMILES string of the molecule is O=Cc1cc(-c2ccc(Cl)cc2C(F)(F)F)ccc1F. The first kappa shape index (κ1) is 14.5. The van der Waals surface area contributed by atoms with Crippen LogP contribution in [0.25, 0.3) is 11.1 Å². The summed E-state index contributed by atoms with van der Waals surface area (Å²) in [7, 11) is 0. The number of carbonyl (C=O) groups is 1. The van der Waals surface area contributed by atoms with Crippen molar-refractivity contribution in [3.05, 3.63) is 58.4 Å². The predicted molar refractivity (Wildman–Crippen MR) is 67.2 cm³/mol. The molecule has 0 aliphatic rings. The Labute approximate surface area is 116 Å². The Hall–Kier alpha value is -1.88. The van der Waals surface area contributed by atoms with E-state index in [2.05, 4.69) is 0 Å². The lowest BCUT2D eigenvalue weighted by atomic mass is 9.98. The molecule has 0 N–H and O–H groups in total. The van der Waals surface area contributed by atoms with E-state index in [-0.39, 0.29) is 28.0 Å². The summed E-state index contributed by atoms with van der Waals surface area (Å²) in [4.78, 5) is 10.7. The second-order valence-electron chi connectivity index (χ2n) is 4.04. The number of carbonyl (C=O) groups excluding carboxylic acids is 1. The third kappa shape index (κ3) is 2.82. The largest absolute Gasteiger partial charge is 0.417 e. The van der Waals surface area contributed by atoms with Gasteiger partial charge in [-0.25, -0.2) is 4.39 Å². The van der Waals surface area contributed by atoms with Gasteiger partial charge in [0.1, 0.15) is 5.82 Å². The summed E-state index contributed by atoms with van der Waals surface area (Å²) in [5.41, 5.74) is -1.30. The highest BCUT2D eigenvalue weighted by molar-refractivity contribution is 6.30. The molecule has 104 valence electrons. The van der Waals surface area contributed by atoms with Crippen LogP contribution in [-0.4, -0.2) is 6.29 Å². The minimum atomic E-state index is -4.60. The number of hydrogen-bond acceptors (Lipinski definition) is 1. The highest BCUT2D eigenvalue weighted by atomic mass is 35.5. The molecule has 2 aromatic carbocycles. The predicted octanol–water partition coefficient (Wildman–Crippen LogP) is 4.98. The van der Waals surface area contributed by atoms with Gasteiger partial charge in [-0.2, -0.15) is 13.2 Å². The number of halogens is 5. The molecule has 0 atom stereocenters. The first-order valence-corrected chi connectivity index (χ1v) is 5.82. The molecule has 0 aliphatic carbocycles. The monoisotopic (exact) mass is 302 g/mol. The lowest BCUT2D eigenvalue weighted by molar-refractivity contribution is -0.137. The second-order valence-corrected chi connectivity index (χ2v) is 4.48. The molecule has 1 nitrogen and oxygen atoms in total. The minimum Gasteiger partial charge on any atom is -0.298 e. The highest BCUT2D eigenvalue weighted by Gasteiger charge is 2.34. The van der Waals surface area contributed by atoms with Crippen molar-refractivity contribution in [2.24, 2.45) is 0 Å². The van der Waals surface area contributed by atoms with E-state index in [1.54, 1.807) is 0 Å². The molecular weight excluding hydrogens is 296 g/mol. The average molecular weight is 303 g/mol. The van der Waals surface area contributed by atoms with E-state index < -0.39 is 17.6 Å². The van der Waals surface area contributed by atoms with Gasteiger partial charge < -0.3 is 0 Å². The molecule has 0 aliphatic heterocycles. The summed E-state index contributed by atoms with van der Waals surface area (Å²) < 4.78 is 52.1. The fraction of sp³-hybridized carbons (Fsp3) is 0.0714. The van der Waals surface area contributed by atoms with E-state index in [9.17, 15) is 22.4 Å². The summed E-state index contributed by atoms with van der Waals surface area (Å²) in [6.45, 7) is 0. The molecule has 0 fully saturated rings. The van der Waals surface area contributed by atoms with E-state index in [1.165, 1.54) is 18.2 Å². The first-order chi connectivity index (χ1) is 9.32. The van der Waals surface area contributed by atoms with Crippen molar-refractivity contribution in [3.8, 4) is 11.1 Å². The van der Waals surface area contributed by atoms with Gasteiger partial charge in [0.05, 0.1) is 11.1 Å². The van der Waals surface area contributed by atoms with Gasteiger partial charge in [0.15, 0.2) is 6.29 Å². The average Bonchev–Trinajstić information content (AvgIpc) is 2.38. The molecule has 0 saturated carbocycles. The second kappa shape index (κ2) is 5.25. The maximum Gasteiger partial charge on any atom is 0.417 e. The maximum absolute atomic E-state index is 13.2. The van der Waals surface area contributed by atoms with Crippen molar-refractivity contribution >= 4 is 17.9 Å². The van der Waals surface area contributed by atoms with Crippen molar-refractivity contribution in [1.29, 1.82) is 0 Å². The number of benzene rings is 2. The number of hydrogen-bond donors (Lipinski definition) is 0. The van der Waals surface area contributed by atoms with Gasteiger partial charge in [0, 0.05) is 5.02 Å². The van der Waals surface area contributed by atoms with Gasteiger partial charge in [0.25, 0.3) is 0 Å². The Balaban J connectivity index is 2.67. The van der Waals surface area contributed by atoms with E-state index in [0.29, 0.717) is 0 Å². The summed E-state index contributed by atoms with van der Waals surface area (Å²) in [6.07, 6.45) is -4.35. The Morgan fingerprint density at radius 1 is 1.05 bits per heavy atom. The fourth-order valence-electron chi connectivity index (χ4n) is 1.80. The van der Waals surface area contributed by atoms with Crippen LogP contribution >= 0.6 is 11.6 Å². The summed E-state index contributed by atoms with van der Waals surface area (Å²) >= 11 is 5.58. The van der Waals surface area contributed by atoms with Gasteiger partial charge in [-0.15, -0.1) is 0 Å². The van der Waals surface area contributed by atoms with Crippen molar-refractivity contribution in [1.82, 2.24) is 0 Å². The topological polar surface area (TPSA) is 17.1 Å². The van der Waals surface area contributed by atoms with Gasteiger partial charge in [0.2, 0.25) is 0 Å². The van der Waals surface area contributed by atoms with Crippen LogP contribution in [-0.2, 0) is 6.18 Å². The van der Waals surface area contributed by atoms with E-state index >= 15 is 0 Å². The standard InChI is InChI=1S/C14H7ClF4O/c15-10-2-3-11(12(6-10)14(17,18)19)8-1-4-13(16)9(5-8)7-20/h1-7H. The van der Waals surface area contributed by atoms with Crippen molar-refractivity contribution in [2.45, 2.75) is 6.18 Å². The molecule has 6 heteroatoms. The molecule has 0 radical (unpaired) electrons. The molecule has 0 heterocycles. The van der Waals surface area contributed by atoms with Crippen LogP contribution in [0.1, 0.15) is 15.9 Å². The van der Waals surface area contributed by atoms with Gasteiger partial charge in [-0.1, -0.05) is 23.7 Å². The van der Waals surface area contributed by atoms with Crippen LogP contribution in [0.15, 0.2) is 36.4 Å². The van der Waals surface area contributed by atoms with Crippen LogP contribution < -0.4 is 0 Å². The van der Waals surface area contributed by atoms with Gasteiger partial charge in [-0.3, -0.25) is 4.79 Å². The minimum absolute atomic E-state index is 0.0567. The smallest absolute Gasteiger partial charge is 0.298 e. The van der Waals surface area contributed by atoms with Crippen LogP contribution in [0.3, 0.4) is 0 Å². The Bertz CT molecular complexity index is 665. The molecule has 20 heavy (non-hydrogen) atoms. The molecule has 2 aromatic rings. The Morgan fingerprint density at radius 2 is 1.75 bits per heavy atom. The summed E-state index contributed by atoms with van der Waals surface area (Å²) in [5, 5.41) is -0.0567. The molecule has 0 spiro atoms. The molecule has 0 amide bonds. The van der Waals surface area contributed by atoms with Crippen LogP contribution in [0.4, 0.5) is 17.6 Å². The summed E-state index contributed by atoms with van der Waals surface area (Å²) in [5.74, 6) is -0.786. The van der Waals surface area contributed by atoms with Crippen molar-refractivity contribution in [3.63, 3.8) is 0 Å². The van der Waals surface area contributed by atoms with E-state index in [0.717, 1.165) is 18.2 Å². The van der Waals surface area contributed by atoms with Crippen LogP contribution in [0.5, 0.6) is 0 Å². The lowest BCUT2D eigenvalue weighted by Gasteiger charge is -2.14. The van der Waals surface area contributed by atoms with Gasteiger partial charge >= 0.3 is 6.18 Å². The fourth-order valence-corrected chi connectivity index (χ4v) is 1.98. The van der Waals surface area contributed by atoms with Crippen molar-refractivity contribution < 1.29 is 22.4 Å². The first-order valence-electron chi connectivity index (χ1n) is 5.45. The Morgan fingerprint density at radius 3 is 2.35 bits per heavy atom. The maximum atomic E-state index is 13.2. The molecule has 0 aromatic heterocycles. The van der Waals surface area contributed by atoms with Crippen LogP contribution in [0.2, 0.25) is 5.02 Å². The zero-order valence-electron chi connectivity index (χ0n) is 9.84. The molecule has 0 bridgehead atoms. The van der Waals surface area contributed by atoms with Gasteiger partial charge in [-0.05, 0) is 35.4 Å². The number of alkyl halides is 3. The highest BCUT2D eigenvalue weighted by Crippen LogP contribution is 2.38. The Kier molecular flexibility index (Phi) is 3.81. The third-order valence-electron chi connectivity index (χ3n) is 2.72. The zero-order valence-corrected chi connectivity index (χ0v) is 10.6. The quantitative estimate of drug-likeness (QED) is 0.565. The summed E-state index contributed by atoms with van der Waals surface area (Å²) in [6, 6.07) is 6.49. The normalized spacial score (nSPS) is 11.4. The van der Waals surface area contributed by atoms with E-state index in [1.807, 2.05) is 0 Å². The lowest BCUT2D eigenvalue weighted by Crippen LogP contribution is -2.07. The number of aldehydes is 1. The van der Waals surface area contributed by atoms with Crippen LogP contribution in [0, 0.1) is 5.82 Å². The molecular formula is C14H7ClF4O.